The second kappa shape index (κ2) is 7.41. The first-order chi connectivity index (χ1) is 13.1. The first kappa shape index (κ1) is 20.1. The number of sulfonamides is 1. The summed E-state index contributed by atoms with van der Waals surface area (Å²) in [6, 6.07) is 11.8. The van der Waals surface area contributed by atoms with Gasteiger partial charge in [0.2, 0.25) is 0 Å². The van der Waals surface area contributed by atoms with Gasteiger partial charge in [0.1, 0.15) is 5.82 Å². The lowest BCUT2D eigenvalue weighted by Crippen LogP contribution is -2.15. The van der Waals surface area contributed by atoms with Gasteiger partial charge in [0.25, 0.3) is 10.0 Å². The van der Waals surface area contributed by atoms with Gasteiger partial charge in [-0.2, -0.15) is 0 Å². The maximum absolute atomic E-state index is 12.8. The Kier molecular flexibility index (Phi) is 5.32. The van der Waals surface area contributed by atoms with Crippen LogP contribution in [0.1, 0.15) is 26.3 Å². The highest BCUT2D eigenvalue weighted by Gasteiger charge is 2.19. The molecular weight excluding hydrogens is 396 g/mol. The lowest BCUT2D eigenvalue weighted by atomic mass is 9.87. The minimum atomic E-state index is -3.81. The second-order valence-corrected chi connectivity index (χ2v) is 9.45. The number of anilines is 2. The molecule has 28 heavy (non-hydrogen) atoms. The van der Waals surface area contributed by atoms with E-state index in [0.29, 0.717) is 11.4 Å². The van der Waals surface area contributed by atoms with Crippen molar-refractivity contribution in [1.29, 1.82) is 0 Å². The molecule has 0 aliphatic carbocycles. The number of benzene rings is 1. The van der Waals surface area contributed by atoms with Crippen LogP contribution in [0.5, 0.6) is 0 Å². The van der Waals surface area contributed by atoms with E-state index in [2.05, 4.69) is 35.5 Å². The van der Waals surface area contributed by atoms with Gasteiger partial charge in [0.05, 0.1) is 10.6 Å². The van der Waals surface area contributed by atoms with Gasteiger partial charge in [-0.3, -0.25) is 4.72 Å². The van der Waals surface area contributed by atoms with E-state index >= 15 is 0 Å². The molecule has 2 aromatic heterocycles. The highest BCUT2D eigenvalue weighted by atomic mass is 35.5. The molecule has 3 N–H and O–H groups in total. The summed E-state index contributed by atoms with van der Waals surface area (Å²) in [6.45, 7) is 6.20. The Labute approximate surface area is 169 Å². The fourth-order valence-corrected chi connectivity index (χ4v) is 3.86. The molecule has 0 spiro atoms. The average molecular weight is 417 g/mol. The minimum absolute atomic E-state index is 0.0574. The molecule has 0 aliphatic heterocycles. The number of rotatable bonds is 4. The second-order valence-electron chi connectivity index (χ2n) is 7.41. The fourth-order valence-electron chi connectivity index (χ4n) is 2.59. The van der Waals surface area contributed by atoms with Crippen LogP contribution in [-0.2, 0) is 15.4 Å². The molecule has 6 nitrogen and oxygen atoms in total. The smallest absolute Gasteiger partial charge is 0.261 e. The maximum Gasteiger partial charge on any atom is 0.261 e. The van der Waals surface area contributed by atoms with E-state index in [4.69, 9.17) is 17.3 Å². The summed E-state index contributed by atoms with van der Waals surface area (Å²) in [7, 11) is -3.81. The molecule has 0 unspecified atom stereocenters. The standard InChI is InChI=1S/C20H21ClN4O2S/c1-20(2,3)15-5-7-16(8-6-15)28(26,27)25-17-10-14(12-24-19(17)21)13-4-9-18(22)23-11-13/h4-12,25H,1-3H3,(H2,22,23). The van der Waals surface area contributed by atoms with Crippen LogP contribution in [0, 0.1) is 0 Å². The first-order valence-corrected chi connectivity index (χ1v) is 10.4. The van der Waals surface area contributed by atoms with Gasteiger partial charge < -0.3 is 5.73 Å². The van der Waals surface area contributed by atoms with Crippen LogP contribution in [0.15, 0.2) is 59.8 Å². The fraction of sp³-hybridized carbons (Fsp3) is 0.200. The first-order valence-electron chi connectivity index (χ1n) is 8.57. The van der Waals surface area contributed by atoms with Crippen molar-refractivity contribution in [2.24, 2.45) is 0 Å². The van der Waals surface area contributed by atoms with Crippen molar-refractivity contribution in [3.05, 3.63) is 65.6 Å². The van der Waals surface area contributed by atoms with E-state index in [-0.39, 0.29) is 21.2 Å². The van der Waals surface area contributed by atoms with Crippen molar-refractivity contribution in [3.8, 4) is 11.1 Å². The van der Waals surface area contributed by atoms with Gasteiger partial charge in [-0.15, -0.1) is 0 Å². The monoisotopic (exact) mass is 416 g/mol. The predicted octanol–water partition coefficient (Wildman–Crippen LogP) is 4.48. The SMILES string of the molecule is CC(C)(C)c1ccc(S(=O)(=O)Nc2cc(-c3ccc(N)nc3)cnc2Cl)cc1. The molecule has 1 aromatic carbocycles. The Balaban J connectivity index is 1.91. The van der Waals surface area contributed by atoms with Crippen molar-refractivity contribution >= 4 is 33.1 Å². The largest absolute Gasteiger partial charge is 0.384 e. The minimum Gasteiger partial charge on any atom is -0.384 e. The van der Waals surface area contributed by atoms with Crippen LogP contribution in [-0.4, -0.2) is 18.4 Å². The molecule has 0 radical (unpaired) electrons. The Morgan fingerprint density at radius 2 is 1.61 bits per heavy atom. The third kappa shape index (κ3) is 4.43. The highest BCUT2D eigenvalue weighted by molar-refractivity contribution is 7.92. The molecular formula is C20H21ClN4O2S. The molecule has 0 aliphatic rings. The normalized spacial score (nSPS) is 12.0. The lowest BCUT2D eigenvalue weighted by molar-refractivity contribution is 0.587. The lowest BCUT2D eigenvalue weighted by Gasteiger charge is -2.19. The van der Waals surface area contributed by atoms with Crippen molar-refractivity contribution in [1.82, 2.24) is 9.97 Å². The zero-order valence-corrected chi connectivity index (χ0v) is 17.3. The molecule has 146 valence electrons. The number of nitrogen functional groups attached to an aromatic ring is 1. The summed E-state index contributed by atoms with van der Waals surface area (Å²) in [5, 5.41) is 0.0574. The zero-order chi connectivity index (χ0) is 20.5. The summed E-state index contributed by atoms with van der Waals surface area (Å²) in [5.74, 6) is 0.394. The Morgan fingerprint density at radius 1 is 0.964 bits per heavy atom. The molecule has 0 fully saturated rings. The Hall–Kier alpha value is -2.64. The van der Waals surface area contributed by atoms with Crippen molar-refractivity contribution in [3.63, 3.8) is 0 Å². The van der Waals surface area contributed by atoms with E-state index in [1.165, 1.54) is 0 Å². The molecule has 3 rings (SSSR count). The summed E-state index contributed by atoms with van der Waals surface area (Å²) in [6.07, 6.45) is 3.13. The number of pyridine rings is 2. The molecule has 0 bridgehead atoms. The molecule has 0 saturated carbocycles. The van der Waals surface area contributed by atoms with E-state index < -0.39 is 10.0 Å². The van der Waals surface area contributed by atoms with Gasteiger partial charge in [-0.05, 0) is 41.3 Å². The topological polar surface area (TPSA) is 98.0 Å². The maximum atomic E-state index is 12.8. The van der Waals surface area contributed by atoms with Gasteiger partial charge >= 0.3 is 0 Å². The zero-order valence-electron chi connectivity index (χ0n) is 15.8. The van der Waals surface area contributed by atoms with Crippen molar-refractivity contribution in [2.75, 3.05) is 10.5 Å². The third-order valence-corrected chi connectivity index (χ3v) is 5.92. The van der Waals surface area contributed by atoms with E-state index in [9.17, 15) is 8.42 Å². The number of hydrogen-bond acceptors (Lipinski definition) is 5. The van der Waals surface area contributed by atoms with E-state index in [0.717, 1.165) is 11.1 Å². The van der Waals surface area contributed by atoms with Crippen molar-refractivity contribution < 1.29 is 8.42 Å². The molecule has 2 heterocycles. The van der Waals surface area contributed by atoms with Gasteiger partial charge in [0.15, 0.2) is 5.15 Å². The van der Waals surface area contributed by atoms with Gasteiger partial charge in [-0.1, -0.05) is 44.5 Å². The summed E-state index contributed by atoms with van der Waals surface area (Å²) in [5.41, 5.74) is 8.18. The molecule has 0 saturated heterocycles. The predicted molar refractivity (Wildman–Crippen MR) is 113 cm³/mol. The van der Waals surface area contributed by atoms with Crippen LogP contribution in [0.2, 0.25) is 5.15 Å². The van der Waals surface area contributed by atoms with E-state index in [1.54, 1.807) is 42.7 Å². The number of aromatic nitrogens is 2. The quantitative estimate of drug-likeness (QED) is 0.611. The van der Waals surface area contributed by atoms with Crippen LogP contribution in [0.25, 0.3) is 11.1 Å². The Bertz CT molecular complexity index is 1090. The molecule has 0 amide bonds. The van der Waals surface area contributed by atoms with Crippen LogP contribution in [0.4, 0.5) is 11.5 Å². The average Bonchev–Trinajstić information content (AvgIpc) is 2.63. The summed E-state index contributed by atoms with van der Waals surface area (Å²) >= 11 is 6.11. The van der Waals surface area contributed by atoms with Crippen molar-refractivity contribution in [2.45, 2.75) is 31.1 Å². The number of nitrogens with zero attached hydrogens (tertiary/aromatic N) is 2. The van der Waals surface area contributed by atoms with Crippen LogP contribution in [0.3, 0.4) is 0 Å². The van der Waals surface area contributed by atoms with Crippen LogP contribution < -0.4 is 10.5 Å². The third-order valence-electron chi connectivity index (χ3n) is 4.23. The van der Waals surface area contributed by atoms with Gasteiger partial charge in [-0.25, -0.2) is 18.4 Å². The number of nitrogens with two attached hydrogens (primary N) is 1. The molecule has 8 heteroatoms. The van der Waals surface area contributed by atoms with Crippen LogP contribution >= 0.6 is 11.6 Å². The Morgan fingerprint density at radius 3 is 2.18 bits per heavy atom. The highest BCUT2D eigenvalue weighted by Crippen LogP contribution is 2.29. The van der Waals surface area contributed by atoms with E-state index in [1.807, 2.05) is 12.1 Å². The van der Waals surface area contributed by atoms with Gasteiger partial charge in [0, 0.05) is 23.5 Å². The number of nitrogens with one attached hydrogen (secondary N) is 1. The number of hydrogen-bond donors (Lipinski definition) is 2. The molecule has 0 atom stereocenters. The summed E-state index contributed by atoms with van der Waals surface area (Å²) < 4.78 is 28.1. The number of halogens is 1. The molecule has 3 aromatic rings. The summed E-state index contributed by atoms with van der Waals surface area (Å²) in [4.78, 5) is 8.27.